The summed E-state index contributed by atoms with van der Waals surface area (Å²) in [6.45, 7) is 3.48. The molecule has 0 radical (unpaired) electrons. The zero-order chi connectivity index (χ0) is 13.2. The fourth-order valence-electron chi connectivity index (χ4n) is 2.54. The second-order valence-corrected chi connectivity index (χ2v) is 5.00. The Balaban J connectivity index is 1.56. The second kappa shape index (κ2) is 4.91. The van der Waals surface area contributed by atoms with Gasteiger partial charge in [0.15, 0.2) is 0 Å². The first-order valence-corrected chi connectivity index (χ1v) is 6.56. The van der Waals surface area contributed by atoms with Crippen LogP contribution in [0.4, 0.5) is 0 Å². The number of furan rings is 1. The van der Waals surface area contributed by atoms with E-state index >= 15 is 0 Å². The van der Waals surface area contributed by atoms with Gasteiger partial charge in [-0.15, -0.1) is 0 Å². The number of amides is 1. The summed E-state index contributed by atoms with van der Waals surface area (Å²) in [4.78, 5) is 16.3. The number of hydrogen-bond donors (Lipinski definition) is 1. The average Bonchev–Trinajstić information content (AvgIpc) is 3.03. The normalized spacial score (nSPS) is 18.1. The Kier molecular flexibility index (Phi) is 3.11. The van der Waals surface area contributed by atoms with Crippen LogP contribution in [0.2, 0.25) is 0 Å². The molecule has 1 N–H and O–H groups in total. The molecule has 0 aromatic carbocycles. The Labute approximate surface area is 111 Å². The van der Waals surface area contributed by atoms with Crippen molar-refractivity contribution in [3.05, 3.63) is 41.9 Å². The molecule has 1 amide bonds. The first kappa shape index (κ1) is 12.0. The molecule has 0 aliphatic carbocycles. The van der Waals surface area contributed by atoms with Gasteiger partial charge in [-0.25, -0.2) is 4.98 Å². The quantitative estimate of drug-likeness (QED) is 0.914. The van der Waals surface area contributed by atoms with E-state index in [-0.39, 0.29) is 5.91 Å². The number of aromatic nitrogens is 2. The molecule has 1 aliphatic rings. The molecule has 0 saturated heterocycles. The topological polar surface area (TPSA) is 60.1 Å². The number of nitrogens with one attached hydrogen (secondary N) is 1. The molecule has 0 fully saturated rings. The van der Waals surface area contributed by atoms with Crippen molar-refractivity contribution >= 4 is 5.91 Å². The lowest BCUT2D eigenvalue weighted by Crippen LogP contribution is -2.33. The van der Waals surface area contributed by atoms with Crippen LogP contribution in [0.25, 0.3) is 0 Å². The fraction of sp³-hybridized carbons (Fsp3) is 0.429. The summed E-state index contributed by atoms with van der Waals surface area (Å²) in [6.07, 6.45) is 7.40. The molecule has 3 heterocycles. The molecular formula is C14H17N3O2. The van der Waals surface area contributed by atoms with Crippen LogP contribution in [0.5, 0.6) is 0 Å². The van der Waals surface area contributed by atoms with Crippen LogP contribution in [-0.2, 0) is 13.0 Å². The van der Waals surface area contributed by atoms with Crippen LogP contribution in [0.15, 0.2) is 29.1 Å². The van der Waals surface area contributed by atoms with E-state index in [0.29, 0.717) is 23.8 Å². The van der Waals surface area contributed by atoms with Crippen molar-refractivity contribution in [1.82, 2.24) is 14.9 Å². The first-order chi connectivity index (χ1) is 9.24. The molecule has 2 aromatic rings. The van der Waals surface area contributed by atoms with Crippen molar-refractivity contribution in [2.24, 2.45) is 5.92 Å². The number of rotatable bonds is 3. The highest BCUT2D eigenvalue weighted by Crippen LogP contribution is 2.18. The largest absolute Gasteiger partial charge is 0.469 e. The van der Waals surface area contributed by atoms with Crippen molar-refractivity contribution < 1.29 is 9.21 Å². The van der Waals surface area contributed by atoms with Crippen molar-refractivity contribution in [3.8, 4) is 0 Å². The summed E-state index contributed by atoms with van der Waals surface area (Å²) < 4.78 is 7.32. The van der Waals surface area contributed by atoms with Gasteiger partial charge in [-0.3, -0.25) is 4.79 Å². The monoisotopic (exact) mass is 259 g/mol. The third-order valence-electron chi connectivity index (χ3n) is 3.71. The lowest BCUT2D eigenvalue weighted by molar-refractivity contribution is 0.0943. The molecular weight excluding hydrogens is 242 g/mol. The minimum absolute atomic E-state index is 0.0554. The minimum atomic E-state index is -0.0554. The van der Waals surface area contributed by atoms with Gasteiger partial charge in [0, 0.05) is 31.9 Å². The van der Waals surface area contributed by atoms with Gasteiger partial charge in [0.2, 0.25) is 0 Å². The Bertz CT molecular complexity index is 585. The van der Waals surface area contributed by atoms with Crippen molar-refractivity contribution in [2.45, 2.75) is 26.3 Å². The fourth-order valence-corrected chi connectivity index (χ4v) is 2.54. The van der Waals surface area contributed by atoms with Gasteiger partial charge in [0.05, 0.1) is 11.8 Å². The van der Waals surface area contributed by atoms with Crippen LogP contribution in [0.1, 0.15) is 28.4 Å². The molecule has 5 nitrogen and oxygen atoms in total. The number of aryl methyl sites for hydroxylation is 2. The number of fused-ring (bicyclic) bond motifs is 1. The van der Waals surface area contributed by atoms with E-state index in [0.717, 1.165) is 25.2 Å². The highest BCUT2D eigenvalue weighted by molar-refractivity contribution is 5.95. The molecule has 1 unspecified atom stereocenters. The molecule has 2 aromatic heterocycles. The summed E-state index contributed by atoms with van der Waals surface area (Å²) in [5.74, 6) is 2.19. The maximum atomic E-state index is 12.0. The summed E-state index contributed by atoms with van der Waals surface area (Å²) in [5.41, 5.74) is 0.623. The standard InChI is InChI=1S/C14H17N3O2/c1-10-12(3-7-19-10)14(18)16-9-11-2-5-17-6-4-15-13(17)8-11/h3-4,6-7,11H,2,5,8-9H2,1H3,(H,16,18). The Morgan fingerprint density at radius 1 is 1.63 bits per heavy atom. The summed E-state index contributed by atoms with van der Waals surface area (Å²) in [7, 11) is 0. The molecule has 100 valence electrons. The maximum absolute atomic E-state index is 12.0. The van der Waals surface area contributed by atoms with E-state index in [9.17, 15) is 4.79 Å². The minimum Gasteiger partial charge on any atom is -0.469 e. The number of imidazole rings is 1. The molecule has 0 saturated carbocycles. The molecule has 0 spiro atoms. The first-order valence-electron chi connectivity index (χ1n) is 6.56. The second-order valence-electron chi connectivity index (χ2n) is 5.00. The third kappa shape index (κ3) is 2.41. The zero-order valence-corrected chi connectivity index (χ0v) is 10.9. The van der Waals surface area contributed by atoms with E-state index in [4.69, 9.17) is 4.42 Å². The van der Waals surface area contributed by atoms with Crippen LogP contribution in [0, 0.1) is 12.8 Å². The van der Waals surface area contributed by atoms with Crippen LogP contribution >= 0.6 is 0 Å². The van der Waals surface area contributed by atoms with Crippen LogP contribution < -0.4 is 5.32 Å². The maximum Gasteiger partial charge on any atom is 0.254 e. The van der Waals surface area contributed by atoms with Crippen molar-refractivity contribution in [1.29, 1.82) is 0 Å². The predicted molar refractivity (Wildman–Crippen MR) is 69.8 cm³/mol. The molecule has 1 aliphatic heterocycles. The Morgan fingerprint density at radius 2 is 2.53 bits per heavy atom. The number of carbonyl (C=O) groups is 1. The van der Waals surface area contributed by atoms with Gasteiger partial charge >= 0.3 is 0 Å². The number of hydrogen-bond acceptors (Lipinski definition) is 3. The molecule has 3 rings (SSSR count). The van der Waals surface area contributed by atoms with Gasteiger partial charge in [-0.2, -0.15) is 0 Å². The van der Waals surface area contributed by atoms with Crippen LogP contribution in [0.3, 0.4) is 0 Å². The van der Waals surface area contributed by atoms with Crippen LogP contribution in [-0.4, -0.2) is 22.0 Å². The molecule has 19 heavy (non-hydrogen) atoms. The highest BCUT2D eigenvalue weighted by atomic mass is 16.3. The van der Waals surface area contributed by atoms with E-state index in [1.807, 2.05) is 12.4 Å². The van der Waals surface area contributed by atoms with E-state index in [1.165, 1.54) is 0 Å². The van der Waals surface area contributed by atoms with E-state index in [2.05, 4.69) is 14.9 Å². The van der Waals surface area contributed by atoms with Gasteiger partial charge in [0.1, 0.15) is 11.6 Å². The van der Waals surface area contributed by atoms with Crippen molar-refractivity contribution in [3.63, 3.8) is 0 Å². The SMILES string of the molecule is Cc1occc1C(=O)NCC1CCn2ccnc2C1. The highest BCUT2D eigenvalue weighted by Gasteiger charge is 2.20. The zero-order valence-electron chi connectivity index (χ0n) is 10.9. The van der Waals surface area contributed by atoms with Gasteiger partial charge in [-0.05, 0) is 25.3 Å². The summed E-state index contributed by atoms with van der Waals surface area (Å²) in [5, 5.41) is 2.98. The number of nitrogens with zero attached hydrogens (tertiary/aromatic N) is 2. The molecule has 0 bridgehead atoms. The van der Waals surface area contributed by atoms with E-state index < -0.39 is 0 Å². The van der Waals surface area contributed by atoms with Gasteiger partial charge in [0.25, 0.3) is 5.91 Å². The smallest absolute Gasteiger partial charge is 0.254 e. The van der Waals surface area contributed by atoms with Crippen molar-refractivity contribution in [2.75, 3.05) is 6.54 Å². The lowest BCUT2D eigenvalue weighted by atomic mass is 9.97. The summed E-state index contributed by atoms with van der Waals surface area (Å²) in [6, 6.07) is 1.71. The van der Waals surface area contributed by atoms with Gasteiger partial charge in [-0.1, -0.05) is 0 Å². The Hall–Kier alpha value is -2.04. The average molecular weight is 259 g/mol. The lowest BCUT2D eigenvalue weighted by Gasteiger charge is -2.23. The van der Waals surface area contributed by atoms with Gasteiger partial charge < -0.3 is 14.3 Å². The Morgan fingerprint density at radius 3 is 3.32 bits per heavy atom. The number of carbonyl (C=O) groups excluding carboxylic acids is 1. The molecule has 5 heteroatoms. The van der Waals surface area contributed by atoms with E-state index in [1.54, 1.807) is 19.3 Å². The molecule has 1 atom stereocenters. The predicted octanol–water partition coefficient (Wildman–Crippen LogP) is 1.78. The third-order valence-corrected chi connectivity index (χ3v) is 3.71. The summed E-state index contributed by atoms with van der Waals surface area (Å²) >= 11 is 0.